The smallest absolute Gasteiger partial charge is 0.329 e. The predicted octanol–water partition coefficient (Wildman–Crippen LogP) is 2.73. The normalized spacial score (nSPS) is 17.0. The number of aromatic nitrogens is 2. The number of halogens is 2. The maximum Gasteiger partial charge on any atom is 0.329 e. The summed E-state index contributed by atoms with van der Waals surface area (Å²) in [7, 11) is -3.57. The van der Waals surface area contributed by atoms with Gasteiger partial charge in [-0.2, -0.15) is 0 Å². The molecule has 1 aliphatic rings. The van der Waals surface area contributed by atoms with E-state index >= 15 is 0 Å². The standard InChI is InChI=1S/C23H26BrClN4O4S/c1-2-34(32,33)21-4-3-17(25)7-16(21)13-29-22(30)18-9-19(24)15(8-20(18)27-23(29)31)12-28-6-5-14(10-26)11-28/h3-4,7-9,14H,2,5-6,10-13,26H2,1H3,(H,27,31)/t14-/m0/s1. The van der Waals surface area contributed by atoms with Crippen molar-refractivity contribution in [2.45, 2.75) is 31.3 Å². The number of hydrogen-bond donors (Lipinski definition) is 2. The molecule has 0 radical (unpaired) electrons. The van der Waals surface area contributed by atoms with Crippen molar-refractivity contribution in [3.63, 3.8) is 0 Å². The zero-order valence-electron chi connectivity index (χ0n) is 18.7. The van der Waals surface area contributed by atoms with E-state index in [0.717, 1.165) is 34.1 Å². The maximum atomic E-state index is 13.3. The van der Waals surface area contributed by atoms with Crippen molar-refractivity contribution in [2.24, 2.45) is 11.7 Å². The third-order valence-corrected chi connectivity index (χ3v) is 9.11. The van der Waals surface area contributed by atoms with E-state index < -0.39 is 21.1 Å². The molecule has 0 bridgehead atoms. The minimum atomic E-state index is -3.57. The van der Waals surface area contributed by atoms with E-state index in [1.165, 1.54) is 25.1 Å². The molecule has 8 nitrogen and oxygen atoms in total. The Kier molecular flexibility index (Phi) is 7.35. The molecule has 4 rings (SSSR count). The van der Waals surface area contributed by atoms with Crippen LogP contribution in [-0.2, 0) is 22.9 Å². The number of nitrogens with one attached hydrogen (secondary N) is 1. The molecule has 1 fully saturated rings. The molecule has 2 aromatic carbocycles. The molecule has 1 aromatic heterocycles. The molecule has 0 spiro atoms. The fourth-order valence-electron chi connectivity index (χ4n) is 4.37. The van der Waals surface area contributed by atoms with Crippen molar-refractivity contribution in [1.29, 1.82) is 0 Å². The lowest BCUT2D eigenvalue weighted by molar-refractivity contribution is 0.317. The molecule has 182 valence electrons. The molecule has 0 unspecified atom stereocenters. The Labute approximate surface area is 210 Å². The average Bonchev–Trinajstić information content (AvgIpc) is 3.25. The largest absolute Gasteiger partial charge is 0.330 e. The molecule has 1 atom stereocenters. The lowest BCUT2D eigenvalue weighted by atomic mass is 10.1. The first-order valence-electron chi connectivity index (χ1n) is 11.0. The zero-order chi connectivity index (χ0) is 24.6. The van der Waals surface area contributed by atoms with Crippen LogP contribution in [-0.4, -0.2) is 48.3 Å². The molecule has 1 saturated heterocycles. The Hall–Kier alpha value is -1.98. The minimum absolute atomic E-state index is 0.0590. The van der Waals surface area contributed by atoms with Crippen LogP contribution in [0.4, 0.5) is 0 Å². The van der Waals surface area contributed by atoms with Crippen LogP contribution in [0.1, 0.15) is 24.5 Å². The maximum absolute atomic E-state index is 13.3. The molecular formula is C23H26BrClN4O4S. The summed E-state index contributed by atoms with van der Waals surface area (Å²) >= 11 is 9.66. The van der Waals surface area contributed by atoms with Crippen LogP contribution in [0.25, 0.3) is 10.9 Å². The summed E-state index contributed by atoms with van der Waals surface area (Å²) in [6.07, 6.45) is 1.06. The summed E-state index contributed by atoms with van der Waals surface area (Å²) in [6.45, 7) is 4.53. The molecule has 3 aromatic rings. The van der Waals surface area contributed by atoms with Gasteiger partial charge in [-0.3, -0.25) is 14.3 Å². The van der Waals surface area contributed by atoms with Crippen LogP contribution >= 0.6 is 27.5 Å². The first-order valence-corrected chi connectivity index (χ1v) is 13.8. The number of sulfone groups is 1. The third kappa shape index (κ3) is 5.01. The molecule has 2 heterocycles. The molecule has 11 heteroatoms. The van der Waals surface area contributed by atoms with E-state index in [4.69, 9.17) is 17.3 Å². The molecule has 0 aliphatic carbocycles. The number of hydrogen-bond acceptors (Lipinski definition) is 6. The zero-order valence-corrected chi connectivity index (χ0v) is 21.8. The summed E-state index contributed by atoms with van der Waals surface area (Å²) in [5, 5.41) is 0.653. The van der Waals surface area contributed by atoms with Gasteiger partial charge in [0, 0.05) is 22.6 Å². The van der Waals surface area contributed by atoms with Gasteiger partial charge >= 0.3 is 5.69 Å². The second kappa shape index (κ2) is 9.94. The van der Waals surface area contributed by atoms with Crippen LogP contribution in [0.15, 0.2) is 49.3 Å². The van der Waals surface area contributed by atoms with Gasteiger partial charge in [-0.05, 0) is 66.9 Å². The molecule has 3 N–H and O–H groups in total. The second-order valence-electron chi connectivity index (χ2n) is 8.59. The average molecular weight is 570 g/mol. The topological polar surface area (TPSA) is 118 Å². The van der Waals surface area contributed by atoms with Gasteiger partial charge in [-0.15, -0.1) is 0 Å². The van der Waals surface area contributed by atoms with Crippen molar-refractivity contribution < 1.29 is 8.42 Å². The van der Waals surface area contributed by atoms with E-state index in [2.05, 4.69) is 25.8 Å². The summed E-state index contributed by atoms with van der Waals surface area (Å²) in [5.41, 5.74) is 6.36. The Bertz CT molecular complexity index is 1470. The highest BCUT2D eigenvalue weighted by Crippen LogP contribution is 2.26. The van der Waals surface area contributed by atoms with Crippen LogP contribution < -0.4 is 17.0 Å². The molecule has 1 aliphatic heterocycles. The summed E-state index contributed by atoms with van der Waals surface area (Å²) in [4.78, 5) is 31.3. The molecule has 34 heavy (non-hydrogen) atoms. The number of aromatic amines is 1. The highest BCUT2D eigenvalue weighted by molar-refractivity contribution is 9.10. The van der Waals surface area contributed by atoms with Crippen molar-refractivity contribution in [1.82, 2.24) is 14.5 Å². The van der Waals surface area contributed by atoms with Crippen LogP contribution in [0, 0.1) is 5.92 Å². The van der Waals surface area contributed by atoms with Crippen molar-refractivity contribution in [3.8, 4) is 0 Å². The van der Waals surface area contributed by atoms with Crippen molar-refractivity contribution in [3.05, 3.63) is 71.8 Å². The van der Waals surface area contributed by atoms with E-state index in [-0.39, 0.29) is 17.2 Å². The van der Waals surface area contributed by atoms with Gasteiger partial charge in [0.25, 0.3) is 5.56 Å². The van der Waals surface area contributed by atoms with E-state index in [9.17, 15) is 18.0 Å². The fraction of sp³-hybridized carbons (Fsp3) is 0.391. The Morgan fingerprint density at radius 3 is 2.62 bits per heavy atom. The van der Waals surface area contributed by atoms with Gasteiger partial charge in [-0.25, -0.2) is 13.2 Å². The van der Waals surface area contributed by atoms with Gasteiger partial charge in [0.15, 0.2) is 9.84 Å². The van der Waals surface area contributed by atoms with Crippen LogP contribution in [0.3, 0.4) is 0 Å². The molecular weight excluding hydrogens is 544 g/mol. The van der Waals surface area contributed by atoms with Crippen LogP contribution in [0.5, 0.6) is 0 Å². The fourth-order valence-corrected chi connectivity index (χ4v) is 6.15. The first-order chi connectivity index (χ1) is 16.1. The number of nitrogens with two attached hydrogens (primary N) is 1. The lowest BCUT2D eigenvalue weighted by Gasteiger charge is -2.17. The Balaban J connectivity index is 1.74. The van der Waals surface area contributed by atoms with Crippen molar-refractivity contribution >= 4 is 48.3 Å². The van der Waals surface area contributed by atoms with Gasteiger partial charge in [-0.1, -0.05) is 34.5 Å². The van der Waals surface area contributed by atoms with Gasteiger partial charge < -0.3 is 10.7 Å². The minimum Gasteiger partial charge on any atom is -0.330 e. The summed E-state index contributed by atoms with van der Waals surface area (Å²) in [5.74, 6) is 0.378. The van der Waals surface area contributed by atoms with Gasteiger partial charge in [0.05, 0.1) is 28.1 Å². The number of fused-ring (bicyclic) bond motifs is 1. The first kappa shape index (κ1) is 25.1. The quantitative estimate of drug-likeness (QED) is 0.452. The molecule has 0 amide bonds. The van der Waals surface area contributed by atoms with Crippen molar-refractivity contribution in [2.75, 3.05) is 25.4 Å². The van der Waals surface area contributed by atoms with E-state index in [1.807, 2.05) is 6.07 Å². The Morgan fingerprint density at radius 2 is 1.94 bits per heavy atom. The number of H-pyrrole nitrogens is 1. The molecule has 0 saturated carbocycles. The SMILES string of the molecule is CCS(=O)(=O)c1ccc(Cl)cc1Cn1c(=O)[nH]c2cc(CN3CC[C@@H](CN)C3)c(Br)cc2c1=O. The van der Waals surface area contributed by atoms with E-state index in [1.54, 1.807) is 6.07 Å². The lowest BCUT2D eigenvalue weighted by Crippen LogP contribution is -2.35. The number of likely N-dealkylation sites (tertiary alicyclic amines) is 1. The van der Waals surface area contributed by atoms with E-state index in [0.29, 0.717) is 40.5 Å². The third-order valence-electron chi connectivity index (χ3n) is 6.31. The number of benzene rings is 2. The van der Waals surface area contributed by atoms with Crippen LogP contribution in [0.2, 0.25) is 5.02 Å². The van der Waals surface area contributed by atoms with Gasteiger partial charge in [0.1, 0.15) is 0 Å². The van der Waals surface area contributed by atoms with Gasteiger partial charge in [0.2, 0.25) is 0 Å². The number of nitrogens with zero attached hydrogens (tertiary/aromatic N) is 2. The predicted molar refractivity (Wildman–Crippen MR) is 137 cm³/mol. The number of rotatable bonds is 7. The second-order valence-corrected chi connectivity index (χ2v) is 12.1. The monoisotopic (exact) mass is 568 g/mol. The highest BCUT2D eigenvalue weighted by atomic mass is 79.9. The highest BCUT2D eigenvalue weighted by Gasteiger charge is 2.23. The summed E-state index contributed by atoms with van der Waals surface area (Å²) in [6, 6.07) is 7.89. The summed E-state index contributed by atoms with van der Waals surface area (Å²) < 4.78 is 26.8. The Morgan fingerprint density at radius 1 is 1.18 bits per heavy atom.